The summed E-state index contributed by atoms with van der Waals surface area (Å²) in [6, 6.07) is 3.10. The normalized spacial score (nSPS) is 18.9. The monoisotopic (exact) mass is 395 g/mol. The van der Waals surface area contributed by atoms with Gasteiger partial charge in [-0.25, -0.2) is 4.39 Å². The first-order valence-corrected chi connectivity index (χ1v) is 10.9. The summed E-state index contributed by atoms with van der Waals surface area (Å²) in [4.78, 5) is 12.3. The summed E-state index contributed by atoms with van der Waals surface area (Å²) in [6.07, 6.45) is 8.24. The number of hydrogen-bond acceptors (Lipinski definition) is 4. The van der Waals surface area contributed by atoms with Gasteiger partial charge in [-0.05, 0) is 55.2 Å². The lowest BCUT2D eigenvalue weighted by Crippen LogP contribution is -2.28. The van der Waals surface area contributed by atoms with E-state index in [2.05, 4.69) is 11.6 Å². The predicted molar refractivity (Wildman–Crippen MR) is 107 cm³/mol. The molecule has 0 unspecified atom stereocenters. The minimum atomic E-state index is -0.520. The van der Waals surface area contributed by atoms with E-state index in [0.717, 1.165) is 31.2 Å². The van der Waals surface area contributed by atoms with E-state index < -0.39 is 11.7 Å². The first kappa shape index (κ1) is 20.5. The quantitative estimate of drug-likeness (QED) is 0.468. The Morgan fingerprint density at radius 3 is 2.70 bits per heavy atom. The van der Waals surface area contributed by atoms with Gasteiger partial charge in [-0.2, -0.15) is 0 Å². The molecule has 1 aromatic rings. The Balaban J connectivity index is 1.69. The largest absolute Gasteiger partial charge is 0.493 e. The second-order valence-corrected chi connectivity index (χ2v) is 8.98. The van der Waals surface area contributed by atoms with Gasteiger partial charge in [0.1, 0.15) is 11.6 Å². The summed E-state index contributed by atoms with van der Waals surface area (Å²) in [5, 5.41) is 0. The smallest absolute Gasteiger partial charge is 0.264 e. The maximum Gasteiger partial charge on any atom is 0.264 e. The Morgan fingerprint density at radius 2 is 2.04 bits per heavy atom. The number of methoxy groups -OCH3 is 1. The Hall–Kier alpha value is -1.27. The van der Waals surface area contributed by atoms with Crippen molar-refractivity contribution in [3.63, 3.8) is 0 Å². The van der Waals surface area contributed by atoms with Gasteiger partial charge < -0.3 is 9.47 Å². The molecule has 1 aromatic carbocycles. The number of benzene rings is 1. The van der Waals surface area contributed by atoms with E-state index in [-0.39, 0.29) is 11.0 Å². The van der Waals surface area contributed by atoms with Crippen LogP contribution in [-0.2, 0) is 4.74 Å². The molecule has 0 bridgehead atoms. The van der Waals surface area contributed by atoms with Gasteiger partial charge in [-0.15, -0.1) is 0 Å². The van der Waals surface area contributed by atoms with E-state index in [9.17, 15) is 9.18 Å². The summed E-state index contributed by atoms with van der Waals surface area (Å²) in [5.74, 6) is 0.700. The van der Waals surface area contributed by atoms with Crippen molar-refractivity contribution in [1.29, 1.82) is 0 Å². The highest BCUT2D eigenvalue weighted by Gasteiger charge is 2.32. The SMILES string of the molecule is COCCSNC(=O)c1cc(C2CC2)c(OCC2(C)CCCCC2)cc1F. The van der Waals surface area contributed by atoms with Crippen LogP contribution < -0.4 is 9.46 Å². The fraction of sp³-hybridized carbons (Fsp3) is 0.667. The molecule has 27 heavy (non-hydrogen) atoms. The van der Waals surface area contributed by atoms with Crippen molar-refractivity contribution >= 4 is 17.9 Å². The van der Waals surface area contributed by atoms with Gasteiger partial charge in [0.15, 0.2) is 0 Å². The predicted octanol–water partition coefficient (Wildman–Crippen LogP) is 5.08. The fourth-order valence-corrected chi connectivity index (χ4v) is 4.28. The standard InChI is InChI=1S/C21H30FNO3S/c1-21(8-4-3-5-9-21)14-26-19-13-18(22)17(12-16(19)15-6-7-15)20(24)23-27-11-10-25-2/h12-13,15H,3-11,14H2,1-2H3,(H,23,24). The maximum absolute atomic E-state index is 14.6. The van der Waals surface area contributed by atoms with Gasteiger partial charge in [-0.3, -0.25) is 9.52 Å². The van der Waals surface area contributed by atoms with Crippen molar-refractivity contribution in [3.05, 3.63) is 29.1 Å². The highest BCUT2D eigenvalue weighted by atomic mass is 32.2. The molecule has 0 heterocycles. The van der Waals surface area contributed by atoms with Gasteiger partial charge in [0, 0.05) is 24.3 Å². The third kappa shape index (κ3) is 5.61. The molecule has 4 nitrogen and oxygen atoms in total. The second kappa shape index (κ2) is 9.28. The average Bonchev–Trinajstić information content (AvgIpc) is 3.49. The molecule has 150 valence electrons. The number of carbonyl (C=O) groups is 1. The summed E-state index contributed by atoms with van der Waals surface area (Å²) >= 11 is 1.23. The molecular weight excluding hydrogens is 365 g/mol. The van der Waals surface area contributed by atoms with Crippen LogP contribution in [0.5, 0.6) is 5.75 Å². The number of hydrogen-bond donors (Lipinski definition) is 1. The lowest BCUT2D eigenvalue weighted by atomic mass is 9.76. The molecule has 0 aliphatic heterocycles. The molecule has 0 atom stereocenters. The lowest BCUT2D eigenvalue weighted by Gasteiger charge is -2.33. The van der Waals surface area contributed by atoms with E-state index >= 15 is 0 Å². The summed E-state index contributed by atoms with van der Waals surface area (Å²) in [7, 11) is 1.61. The molecule has 2 aliphatic rings. The highest BCUT2D eigenvalue weighted by molar-refractivity contribution is 7.97. The number of ether oxygens (including phenoxy) is 2. The maximum atomic E-state index is 14.6. The second-order valence-electron chi connectivity index (χ2n) is 8.08. The van der Waals surface area contributed by atoms with Crippen LogP contribution in [0.4, 0.5) is 4.39 Å². The van der Waals surface area contributed by atoms with Crippen LogP contribution in [0.3, 0.4) is 0 Å². The van der Waals surface area contributed by atoms with E-state index in [1.807, 2.05) is 0 Å². The minimum Gasteiger partial charge on any atom is -0.493 e. The van der Waals surface area contributed by atoms with E-state index in [0.29, 0.717) is 30.6 Å². The van der Waals surface area contributed by atoms with Gasteiger partial charge in [-0.1, -0.05) is 26.2 Å². The molecule has 1 amide bonds. The van der Waals surface area contributed by atoms with Crippen molar-refractivity contribution in [2.75, 3.05) is 26.1 Å². The van der Waals surface area contributed by atoms with Gasteiger partial charge in [0.2, 0.25) is 0 Å². The van der Waals surface area contributed by atoms with Crippen molar-refractivity contribution in [2.24, 2.45) is 5.41 Å². The molecule has 6 heteroatoms. The Bertz CT molecular complexity index is 657. The highest BCUT2D eigenvalue weighted by Crippen LogP contribution is 2.46. The fourth-order valence-electron chi connectivity index (χ4n) is 3.68. The topological polar surface area (TPSA) is 47.6 Å². The molecule has 1 N–H and O–H groups in total. The van der Waals surface area contributed by atoms with Crippen molar-refractivity contribution < 1.29 is 18.7 Å². The van der Waals surface area contributed by atoms with Crippen LogP contribution in [-0.4, -0.2) is 32.0 Å². The summed E-state index contributed by atoms with van der Waals surface area (Å²) in [6.45, 7) is 3.41. The Labute approximate surface area is 165 Å². The first-order chi connectivity index (χ1) is 13.0. The minimum absolute atomic E-state index is 0.0954. The lowest BCUT2D eigenvalue weighted by molar-refractivity contribution is 0.0979. The molecule has 0 radical (unpaired) electrons. The number of carbonyl (C=O) groups excluding carboxylic acids is 1. The zero-order chi connectivity index (χ0) is 19.3. The Kier molecular flexibility index (Phi) is 7.04. The van der Waals surface area contributed by atoms with Crippen molar-refractivity contribution in [3.8, 4) is 5.75 Å². The zero-order valence-corrected chi connectivity index (χ0v) is 17.1. The third-order valence-electron chi connectivity index (χ3n) is 5.55. The van der Waals surface area contributed by atoms with Crippen molar-refractivity contribution in [1.82, 2.24) is 4.72 Å². The summed E-state index contributed by atoms with van der Waals surface area (Å²) in [5.41, 5.74) is 1.24. The Morgan fingerprint density at radius 1 is 1.30 bits per heavy atom. The van der Waals surface area contributed by atoms with Crippen LogP contribution in [0.15, 0.2) is 12.1 Å². The molecule has 2 saturated carbocycles. The van der Waals surface area contributed by atoms with Crippen LogP contribution in [0.1, 0.15) is 73.7 Å². The van der Waals surface area contributed by atoms with Gasteiger partial charge in [0.25, 0.3) is 5.91 Å². The van der Waals surface area contributed by atoms with E-state index in [4.69, 9.17) is 9.47 Å². The number of nitrogens with one attached hydrogen (secondary N) is 1. The molecule has 0 spiro atoms. The number of halogens is 1. The molecule has 3 rings (SSSR count). The molecule has 2 aliphatic carbocycles. The van der Waals surface area contributed by atoms with Crippen molar-refractivity contribution in [2.45, 2.75) is 57.8 Å². The van der Waals surface area contributed by atoms with Gasteiger partial charge >= 0.3 is 0 Å². The molecule has 0 saturated heterocycles. The first-order valence-electron chi connectivity index (χ1n) is 9.90. The van der Waals surface area contributed by atoms with Gasteiger partial charge in [0.05, 0.1) is 18.8 Å². The number of amides is 1. The van der Waals surface area contributed by atoms with Crippen LogP contribution in [0.2, 0.25) is 0 Å². The molecular formula is C21H30FNO3S. The molecule has 2 fully saturated rings. The average molecular weight is 396 g/mol. The summed E-state index contributed by atoms with van der Waals surface area (Å²) < 4.78 is 28.4. The molecule has 0 aromatic heterocycles. The zero-order valence-electron chi connectivity index (χ0n) is 16.3. The third-order valence-corrected chi connectivity index (χ3v) is 6.25. The number of rotatable bonds is 9. The van der Waals surface area contributed by atoms with E-state index in [1.165, 1.54) is 37.3 Å². The van der Waals surface area contributed by atoms with Crippen LogP contribution >= 0.6 is 11.9 Å². The van der Waals surface area contributed by atoms with Crippen LogP contribution in [0, 0.1) is 11.2 Å². The van der Waals surface area contributed by atoms with Crippen LogP contribution in [0.25, 0.3) is 0 Å². The van der Waals surface area contributed by atoms with E-state index in [1.54, 1.807) is 13.2 Å².